The van der Waals surface area contributed by atoms with Gasteiger partial charge in [0.05, 0.1) is 5.92 Å². The van der Waals surface area contributed by atoms with E-state index in [4.69, 9.17) is 5.73 Å². The van der Waals surface area contributed by atoms with Crippen LogP contribution in [0.1, 0.15) is 53.9 Å². The molecule has 1 aliphatic heterocycles. The highest BCUT2D eigenvalue weighted by Crippen LogP contribution is 2.32. The molecule has 1 heterocycles. The van der Waals surface area contributed by atoms with Gasteiger partial charge in [0.15, 0.2) is 0 Å². The molecule has 3 rings (SSSR count). The van der Waals surface area contributed by atoms with E-state index in [1.165, 1.54) is 6.42 Å². The van der Waals surface area contributed by atoms with Crippen molar-refractivity contribution in [3.05, 3.63) is 35.4 Å². The average molecular weight is 272 g/mol. The minimum Gasteiger partial charge on any atom is -0.369 e. The van der Waals surface area contributed by atoms with Crippen molar-refractivity contribution in [2.24, 2.45) is 5.73 Å². The van der Waals surface area contributed by atoms with E-state index in [1.807, 2.05) is 29.2 Å². The number of carbonyl (C=O) groups excluding carboxylic acids is 2. The number of amides is 2. The summed E-state index contributed by atoms with van der Waals surface area (Å²) in [6.07, 6.45) is 5.65. The van der Waals surface area contributed by atoms with Crippen molar-refractivity contribution >= 4 is 11.8 Å². The average Bonchev–Trinajstić information content (AvgIpc) is 2.48. The molecular formula is C16H20N2O2. The van der Waals surface area contributed by atoms with Gasteiger partial charge in [-0.05, 0) is 24.5 Å². The van der Waals surface area contributed by atoms with Gasteiger partial charge >= 0.3 is 0 Å². The van der Waals surface area contributed by atoms with E-state index < -0.39 is 0 Å². The third-order valence-electron chi connectivity index (χ3n) is 4.57. The van der Waals surface area contributed by atoms with Gasteiger partial charge in [0.1, 0.15) is 0 Å². The maximum Gasteiger partial charge on any atom is 0.254 e. The fourth-order valence-electron chi connectivity index (χ4n) is 3.48. The van der Waals surface area contributed by atoms with Crippen molar-refractivity contribution in [2.45, 2.75) is 44.1 Å². The van der Waals surface area contributed by atoms with Gasteiger partial charge in [-0.1, -0.05) is 37.5 Å². The Hall–Kier alpha value is -1.84. The fourth-order valence-corrected chi connectivity index (χ4v) is 3.48. The maximum atomic E-state index is 12.7. The number of benzene rings is 1. The van der Waals surface area contributed by atoms with E-state index in [0.717, 1.165) is 31.2 Å². The molecular weight excluding hydrogens is 252 g/mol. The Morgan fingerprint density at radius 3 is 2.55 bits per heavy atom. The van der Waals surface area contributed by atoms with Crippen LogP contribution in [0.25, 0.3) is 0 Å². The van der Waals surface area contributed by atoms with Crippen molar-refractivity contribution < 1.29 is 9.59 Å². The fraction of sp³-hybridized carbons (Fsp3) is 0.500. The van der Waals surface area contributed by atoms with Crippen LogP contribution in [0.3, 0.4) is 0 Å². The lowest BCUT2D eigenvalue weighted by molar-refractivity contribution is -0.120. The number of hydrogen-bond donors (Lipinski definition) is 1. The highest BCUT2D eigenvalue weighted by Gasteiger charge is 2.37. The van der Waals surface area contributed by atoms with Crippen molar-refractivity contribution in [1.29, 1.82) is 0 Å². The van der Waals surface area contributed by atoms with Crippen LogP contribution in [0.15, 0.2) is 24.3 Å². The molecule has 1 aromatic rings. The smallest absolute Gasteiger partial charge is 0.254 e. The molecule has 2 N–H and O–H groups in total. The van der Waals surface area contributed by atoms with E-state index in [0.29, 0.717) is 12.1 Å². The lowest BCUT2D eigenvalue weighted by Crippen LogP contribution is -2.49. The normalized spacial score (nSPS) is 23.5. The largest absolute Gasteiger partial charge is 0.369 e. The van der Waals surface area contributed by atoms with Crippen molar-refractivity contribution in [3.8, 4) is 0 Å². The molecule has 106 valence electrons. The number of fused-ring (bicyclic) bond motifs is 1. The zero-order valence-corrected chi connectivity index (χ0v) is 11.5. The first-order valence-corrected chi connectivity index (χ1v) is 7.37. The van der Waals surface area contributed by atoms with Gasteiger partial charge in [0, 0.05) is 18.2 Å². The van der Waals surface area contributed by atoms with Crippen LogP contribution in [-0.4, -0.2) is 29.3 Å². The number of primary amides is 1. The Morgan fingerprint density at radius 2 is 1.85 bits per heavy atom. The highest BCUT2D eigenvalue weighted by molar-refractivity contribution is 6.00. The molecule has 4 nitrogen and oxygen atoms in total. The third-order valence-corrected chi connectivity index (χ3v) is 4.57. The molecule has 1 saturated carbocycles. The molecule has 0 spiro atoms. The van der Waals surface area contributed by atoms with Crippen molar-refractivity contribution in [3.63, 3.8) is 0 Å². The van der Waals surface area contributed by atoms with Crippen LogP contribution >= 0.6 is 0 Å². The Bertz CT molecular complexity index is 535. The first-order chi connectivity index (χ1) is 9.68. The third kappa shape index (κ3) is 2.19. The summed E-state index contributed by atoms with van der Waals surface area (Å²) in [5.74, 6) is -0.651. The predicted molar refractivity (Wildman–Crippen MR) is 76.3 cm³/mol. The Morgan fingerprint density at radius 1 is 1.15 bits per heavy atom. The molecule has 2 aliphatic rings. The molecule has 0 saturated heterocycles. The molecule has 1 fully saturated rings. The Kier molecular flexibility index (Phi) is 3.47. The number of carbonyl (C=O) groups is 2. The summed E-state index contributed by atoms with van der Waals surface area (Å²) >= 11 is 0. The molecule has 0 radical (unpaired) electrons. The second kappa shape index (κ2) is 5.27. The summed E-state index contributed by atoms with van der Waals surface area (Å²) in [6.45, 7) is 0.440. The minimum atomic E-state index is -0.370. The summed E-state index contributed by atoms with van der Waals surface area (Å²) < 4.78 is 0. The number of nitrogens with two attached hydrogens (primary N) is 1. The van der Waals surface area contributed by atoms with Crippen molar-refractivity contribution in [1.82, 2.24) is 4.90 Å². The molecule has 0 aromatic heterocycles. The molecule has 20 heavy (non-hydrogen) atoms. The zero-order chi connectivity index (χ0) is 14.1. The predicted octanol–water partition coefficient (Wildman–Crippen LogP) is 2.04. The van der Waals surface area contributed by atoms with Gasteiger partial charge < -0.3 is 10.6 Å². The SMILES string of the molecule is NC(=O)C1CN(C2CCCCC2)C(=O)c2ccccc21. The lowest BCUT2D eigenvalue weighted by atomic mass is 9.85. The van der Waals surface area contributed by atoms with Crippen molar-refractivity contribution in [2.75, 3.05) is 6.54 Å². The second-order valence-corrected chi connectivity index (χ2v) is 5.79. The van der Waals surface area contributed by atoms with Gasteiger partial charge in [-0.15, -0.1) is 0 Å². The molecule has 0 bridgehead atoms. The molecule has 2 amide bonds. The summed E-state index contributed by atoms with van der Waals surface area (Å²) in [5, 5.41) is 0. The van der Waals surface area contributed by atoms with E-state index >= 15 is 0 Å². The Balaban J connectivity index is 1.95. The summed E-state index contributed by atoms with van der Waals surface area (Å²) in [7, 11) is 0. The van der Waals surface area contributed by atoms with Gasteiger partial charge in [-0.25, -0.2) is 0 Å². The summed E-state index contributed by atoms with van der Waals surface area (Å²) in [6, 6.07) is 7.63. The number of rotatable bonds is 2. The second-order valence-electron chi connectivity index (χ2n) is 5.79. The number of hydrogen-bond acceptors (Lipinski definition) is 2. The summed E-state index contributed by atoms with van der Waals surface area (Å²) in [4.78, 5) is 26.3. The van der Waals surface area contributed by atoms with E-state index in [2.05, 4.69) is 0 Å². The number of nitrogens with zero attached hydrogens (tertiary/aromatic N) is 1. The standard InChI is InChI=1S/C16H20N2O2/c17-15(19)14-10-18(11-6-2-1-3-7-11)16(20)13-9-5-4-8-12(13)14/h4-5,8-9,11,14H,1-3,6-7,10H2,(H2,17,19). The van der Waals surface area contributed by atoms with Crippen LogP contribution < -0.4 is 5.73 Å². The molecule has 4 heteroatoms. The van der Waals surface area contributed by atoms with E-state index in [1.54, 1.807) is 0 Å². The molecule has 1 aliphatic carbocycles. The molecule has 1 unspecified atom stereocenters. The van der Waals surface area contributed by atoms with Crippen LogP contribution in [0.4, 0.5) is 0 Å². The van der Waals surface area contributed by atoms with Crippen LogP contribution in [0, 0.1) is 0 Å². The minimum absolute atomic E-state index is 0.0602. The van der Waals surface area contributed by atoms with Crippen LogP contribution in [0.5, 0.6) is 0 Å². The van der Waals surface area contributed by atoms with Gasteiger partial charge in [-0.2, -0.15) is 0 Å². The first kappa shape index (κ1) is 13.2. The first-order valence-electron chi connectivity index (χ1n) is 7.37. The van der Waals surface area contributed by atoms with Gasteiger partial charge in [0.2, 0.25) is 5.91 Å². The summed E-state index contributed by atoms with van der Waals surface area (Å²) in [5.41, 5.74) is 6.98. The molecule has 1 atom stereocenters. The van der Waals surface area contributed by atoms with E-state index in [9.17, 15) is 9.59 Å². The van der Waals surface area contributed by atoms with Crippen LogP contribution in [-0.2, 0) is 4.79 Å². The Labute approximate surface area is 118 Å². The monoisotopic (exact) mass is 272 g/mol. The lowest BCUT2D eigenvalue weighted by Gasteiger charge is -2.40. The highest BCUT2D eigenvalue weighted by atomic mass is 16.2. The zero-order valence-electron chi connectivity index (χ0n) is 11.5. The van der Waals surface area contributed by atoms with Gasteiger partial charge in [-0.3, -0.25) is 9.59 Å². The maximum absolute atomic E-state index is 12.7. The topological polar surface area (TPSA) is 63.4 Å². The molecule has 1 aromatic carbocycles. The van der Waals surface area contributed by atoms with Crippen LogP contribution in [0.2, 0.25) is 0 Å². The quantitative estimate of drug-likeness (QED) is 0.895. The van der Waals surface area contributed by atoms with E-state index in [-0.39, 0.29) is 23.8 Å². The van der Waals surface area contributed by atoms with Gasteiger partial charge in [0.25, 0.3) is 5.91 Å².